The summed E-state index contributed by atoms with van der Waals surface area (Å²) in [5.41, 5.74) is 0.757. The molecule has 0 saturated heterocycles. The van der Waals surface area contributed by atoms with Gasteiger partial charge in [-0.15, -0.1) is 0 Å². The highest BCUT2D eigenvalue weighted by atomic mass is 79.9. The smallest absolute Gasteiger partial charge is 0.261 e. The predicted octanol–water partition coefficient (Wildman–Crippen LogP) is 3.59. The fourth-order valence-electron chi connectivity index (χ4n) is 2.47. The fraction of sp³-hybridized carbons (Fsp3) is 0.294. The van der Waals surface area contributed by atoms with Crippen LogP contribution in [0.25, 0.3) is 0 Å². The van der Waals surface area contributed by atoms with Crippen LogP contribution in [0.2, 0.25) is 0 Å². The van der Waals surface area contributed by atoms with Crippen molar-refractivity contribution in [3.63, 3.8) is 0 Å². The van der Waals surface area contributed by atoms with E-state index in [1.54, 1.807) is 45.0 Å². The van der Waals surface area contributed by atoms with Gasteiger partial charge in [-0.1, -0.05) is 35.8 Å². The molecule has 26 heavy (non-hydrogen) atoms. The van der Waals surface area contributed by atoms with Crippen molar-refractivity contribution in [2.75, 3.05) is 17.8 Å². The molecule has 0 aliphatic heterocycles. The molecular formula is C17H21BrN2O4S2. The molecule has 6 nitrogen and oxygen atoms in total. The fourth-order valence-corrected chi connectivity index (χ4v) is 5.49. The van der Waals surface area contributed by atoms with Crippen LogP contribution < -0.4 is 4.72 Å². The van der Waals surface area contributed by atoms with Crippen LogP contribution in [0.4, 0.5) is 5.69 Å². The number of sulfonamides is 2. The van der Waals surface area contributed by atoms with Crippen LogP contribution in [0.1, 0.15) is 19.4 Å². The van der Waals surface area contributed by atoms with Crippen molar-refractivity contribution in [3.05, 3.63) is 52.5 Å². The Morgan fingerprint density at radius 3 is 2.08 bits per heavy atom. The lowest BCUT2D eigenvalue weighted by Crippen LogP contribution is -2.31. The average Bonchev–Trinajstić information content (AvgIpc) is 2.57. The van der Waals surface area contributed by atoms with Crippen molar-refractivity contribution in [2.24, 2.45) is 0 Å². The quantitative estimate of drug-likeness (QED) is 0.683. The van der Waals surface area contributed by atoms with Gasteiger partial charge in [-0.3, -0.25) is 4.72 Å². The topological polar surface area (TPSA) is 83.6 Å². The maximum atomic E-state index is 12.8. The van der Waals surface area contributed by atoms with Gasteiger partial charge in [-0.05, 0) is 48.9 Å². The highest BCUT2D eigenvalue weighted by molar-refractivity contribution is 9.10. The van der Waals surface area contributed by atoms with Crippen molar-refractivity contribution < 1.29 is 16.8 Å². The van der Waals surface area contributed by atoms with Crippen LogP contribution in [0, 0.1) is 6.92 Å². The summed E-state index contributed by atoms with van der Waals surface area (Å²) in [5, 5.41) is 0. The molecule has 1 N–H and O–H groups in total. The van der Waals surface area contributed by atoms with Crippen molar-refractivity contribution >= 4 is 41.7 Å². The van der Waals surface area contributed by atoms with Crippen LogP contribution >= 0.6 is 15.9 Å². The molecule has 0 spiro atoms. The number of halogens is 1. The first-order chi connectivity index (χ1) is 12.1. The van der Waals surface area contributed by atoms with E-state index >= 15 is 0 Å². The van der Waals surface area contributed by atoms with E-state index in [0.29, 0.717) is 18.7 Å². The van der Waals surface area contributed by atoms with E-state index in [9.17, 15) is 16.8 Å². The van der Waals surface area contributed by atoms with Gasteiger partial charge in [0.15, 0.2) is 0 Å². The highest BCUT2D eigenvalue weighted by Crippen LogP contribution is 2.25. The third-order valence-electron chi connectivity index (χ3n) is 3.89. The summed E-state index contributed by atoms with van der Waals surface area (Å²) in [4.78, 5) is 0.187. The molecule has 2 rings (SSSR count). The van der Waals surface area contributed by atoms with Crippen LogP contribution in [0.5, 0.6) is 0 Å². The van der Waals surface area contributed by atoms with Crippen molar-refractivity contribution in [1.82, 2.24) is 4.31 Å². The molecule has 0 heterocycles. The molecule has 0 amide bonds. The molecule has 0 aromatic heterocycles. The minimum absolute atomic E-state index is 0.0921. The normalized spacial score (nSPS) is 12.3. The second kappa shape index (κ2) is 8.08. The number of rotatable bonds is 7. The zero-order chi connectivity index (χ0) is 19.5. The highest BCUT2D eigenvalue weighted by Gasteiger charge is 2.24. The number of nitrogens with one attached hydrogen (secondary N) is 1. The van der Waals surface area contributed by atoms with Gasteiger partial charge in [-0.2, -0.15) is 4.31 Å². The van der Waals surface area contributed by atoms with Gasteiger partial charge in [0.1, 0.15) is 0 Å². The molecule has 2 aromatic rings. The standard InChI is InChI=1S/C17H21BrN2O4S2/c1-4-20(5-2)26(23,24)17-12-15(9-6-13(17)3)19-25(21,22)16-10-7-14(18)8-11-16/h6-12,19H,4-5H2,1-3H3. The van der Waals surface area contributed by atoms with Gasteiger partial charge < -0.3 is 0 Å². The molecule has 9 heteroatoms. The zero-order valence-corrected chi connectivity index (χ0v) is 17.9. The second-order valence-corrected chi connectivity index (χ2v) is 10.1. The largest absolute Gasteiger partial charge is 0.280 e. The zero-order valence-electron chi connectivity index (χ0n) is 14.7. The Kier molecular flexibility index (Phi) is 6.49. The lowest BCUT2D eigenvalue weighted by Gasteiger charge is -2.20. The van der Waals surface area contributed by atoms with E-state index in [1.807, 2.05) is 0 Å². The number of hydrogen-bond acceptors (Lipinski definition) is 4. The number of anilines is 1. The number of nitrogens with zero attached hydrogens (tertiary/aromatic N) is 1. The Bertz CT molecular complexity index is 984. The van der Waals surface area contributed by atoms with Gasteiger partial charge in [-0.25, -0.2) is 16.8 Å². The Balaban J connectivity index is 2.42. The summed E-state index contributed by atoms with van der Waals surface area (Å²) in [5.74, 6) is 0. The van der Waals surface area contributed by atoms with E-state index in [4.69, 9.17) is 0 Å². The minimum atomic E-state index is -3.82. The molecule has 142 valence electrons. The predicted molar refractivity (Wildman–Crippen MR) is 106 cm³/mol. The van der Waals surface area contributed by atoms with E-state index < -0.39 is 20.0 Å². The molecular weight excluding hydrogens is 440 g/mol. The Morgan fingerprint density at radius 1 is 0.962 bits per heavy atom. The minimum Gasteiger partial charge on any atom is -0.280 e. The number of aryl methyl sites for hydroxylation is 1. The van der Waals surface area contributed by atoms with Gasteiger partial charge in [0.05, 0.1) is 15.5 Å². The first-order valence-electron chi connectivity index (χ1n) is 8.01. The average molecular weight is 461 g/mol. The van der Waals surface area contributed by atoms with Gasteiger partial charge >= 0.3 is 0 Å². The maximum Gasteiger partial charge on any atom is 0.261 e. The molecule has 0 aliphatic carbocycles. The summed E-state index contributed by atoms with van der Waals surface area (Å²) < 4.78 is 55.1. The van der Waals surface area contributed by atoms with Crippen LogP contribution in [-0.4, -0.2) is 34.2 Å². The van der Waals surface area contributed by atoms with Gasteiger partial charge in [0.25, 0.3) is 10.0 Å². The van der Waals surface area contributed by atoms with E-state index in [1.165, 1.54) is 22.5 Å². The van der Waals surface area contributed by atoms with Crippen LogP contribution in [0.15, 0.2) is 56.7 Å². The summed E-state index contributed by atoms with van der Waals surface area (Å²) in [6, 6.07) is 10.7. The lowest BCUT2D eigenvalue weighted by molar-refractivity contribution is 0.445. The molecule has 0 saturated carbocycles. The van der Waals surface area contributed by atoms with Crippen molar-refractivity contribution in [2.45, 2.75) is 30.6 Å². The summed E-state index contributed by atoms with van der Waals surface area (Å²) in [7, 11) is -7.50. The van der Waals surface area contributed by atoms with Crippen molar-refractivity contribution in [1.29, 1.82) is 0 Å². The van der Waals surface area contributed by atoms with Crippen LogP contribution in [0.3, 0.4) is 0 Å². The lowest BCUT2D eigenvalue weighted by atomic mass is 10.2. The Hall–Kier alpha value is -1.42. The van der Waals surface area contributed by atoms with E-state index in [2.05, 4.69) is 20.7 Å². The Morgan fingerprint density at radius 2 is 1.54 bits per heavy atom. The SMILES string of the molecule is CCN(CC)S(=O)(=O)c1cc(NS(=O)(=O)c2ccc(Br)cc2)ccc1C. The number of hydrogen-bond donors (Lipinski definition) is 1. The third kappa shape index (κ3) is 4.46. The second-order valence-electron chi connectivity index (χ2n) is 5.63. The van der Waals surface area contributed by atoms with Crippen LogP contribution in [-0.2, 0) is 20.0 Å². The molecule has 0 bridgehead atoms. The monoisotopic (exact) mass is 460 g/mol. The Labute approximate surface area is 163 Å². The third-order valence-corrected chi connectivity index (χ3v) is 8.01. The summed E-state index contributed by atoms with van der Waals surface area (Å²) in [6.45, 7) is 5.89. The van der Waals surface area contributed by atoms with Gasteiger partial charge in [0, 0.05) is 17.6 Å². The molecule has 0 fully saturated rings. The molecule has 0 radical (unpaired) electrons. The maximum absolute atomic E-state index is 12.8. The van der Waals surface area contributed by atoms with E-state index in [-0.39, 0.29) is 15.5 Å². The van der Waals surface area contributed by atoms with E-state index in [0.717, 1.165) is 4.47 Å². The first-order valence-corrected chi connectivity index (χ1v) is 11.7. The molecule has 2 aromatic carbocycles. The summed E-state index contributed by atoms with van der Waals surface area (Å²) in [6.07, 6.45) is 0. The number of benzene rings is 2. The van der Waals surface area contributed by atoms with Crippen molar-refractivity contribution in [3.8, 4) is 0 Å². The summed E-state index contributed by atoms with van der Waals surface area (Å²) >= 11 is 3.26. The molecule has 0 atom stereocenters. The molecule has 0 unspecified atom stereocenters. The van der Waals surface area contributed by atoms with Gasteiger partial charge in [0.2, 0.25) is 10.0 Å². The first kappa shape index (κ1) is 20.9. The molecule has 0 aliphatic rings.